The smallest absolute Gasteiger partial charge is 0.388 e. The molecule has 1 aromatic carbocycles. The molecule has 1 heterocycles. The average molecular weight is 341 g/mol. The fourth-order valence-corrected chi connectivity index (χ4v) is 2.70. The fourth-order valence-electron chi connectivity index (χ4n) is 2.33. The molecule has 0 aliphatic heterocycles. The first-order valence-electron chi connectivity index (χ1n) is 7.24. The minimum atomic E-state index is -2.90. The molecule has 0 radical (unpaired) electrons. The van der Waals surface area contributed by atoms with Crippen molar-refractivity contribution in [1.82, 2.24) is 9.88 Å². The van der Waals surface area contributed by atoms with Crippen LogP contribution in [0.3, 0.4) is 0 Å². The maximum absolute atomic E-state index is 12.3. The van der Waals surface area contributed by atoms with Crippen molar-refractivity contribution in [2.24, 2.45) is 0 Å². The van der Waals surface area contributed by atoms with Crippen molar-refractivity contribution in [3.63, 3.8) is 0 Å². The summed E-state index contributed by atoms with van der Waals surface area (Å²) in [4.78, 5) is 6.01. The number of aryl methyl sites for hydroxylation is 1. The fraction of sp³-hybridized carbons (Fsp3) is 0.353. The highest BCUT2D eigenvalue weighted by Gasteiger charge is 2.15. The van der Waals surface area contributed by atoms with Gasteiger partial charge in [0, 0.05) is 24.8 Å². The van der Waals surface area contributed by atoms with E-state index in [1.807, 2.05) is 37.4 Å². The van der Waals surface area contributed by atoms with Gasteiger partial charge < -0.3 is 9.64 Å². The van der Waals surface area contributed by atoms with Crippen LogP contribution in [0, 0.1) is 6.92 Å². The molecular weight excluding hydrogens is 322 g/mol. The van der Waals surface area contributed by atoms with Crippen LogP contribution in [-0.2, 0) is 6.54 Å². The van der Waals surface area contributed by atoms with Crippen molar-refractivity contribution < 1.29 is 13.5 Å². The summed E-state index contributed by atoms with van der Waals surface area (Å²) in [5, 5.41) is -0.342. The summed E-state index contributed by atoms with van der Waals surface area (Å²) in [6.45, 7) is 0.161. The third kappa shape index (κ3) is 5.77. The molecule has 23 heavy (non-hydrogen) atoms. The van der Waals surface area contributed by atoms with Crippen LogP contribution in [0.15, 0.2) is 42.5 Å². The number of ether oxygens (including phenoxy) is 1. The van der Waals surface area contributed by atoms with Crippen molar-refractivity contribution >= 4 is 11.6 Å². The summed E-state index contributed by atoms with van der Waals surface area (Å²) >= 11 is 6.44. The SMILES string of the molecule is Cc1cc(C(Cl)CN(C)Cc2ccccc2)cc(OC(F)F)n1. The summed E-state index contributed by atoms with van der Waals surface area (Å²) in [5.74, 6) is -0.105. The Morgan fingerprint density at radius 3 is 2.57 bits per heavy atom. The molecule has 0 aliphatic rings. The summed E-state index contributed by atoms with van der Waals surface area (Å²) < 4.78 is 29.0. The Morgan fingerprint density at radius 2 is 1.91 bits per heavy atom. The summed E-state index contributed by atoms with van der Waals surface area (Å²) in [6.07, 6.45) is 0. The van der Waals surface area contributed by atoms with E-state index in [4.69, 9.17) is 11.6 Å². The van der Waals surface area contributed by atoms with Crippen LogP contribution >= 0.6 is 11.6 Å². The van der Waals surface area contributed by atoms with Crippen LogP contribution in [0.2, 0.25) is 0 Å². The molecule has 0 amide bonds. The van der Waals surface area contributed by atoms with Gasteiger partial charge in [-0.2, -0.15) is 8.78 Å². The zero-order chi connectivity index (χ0) is 16.8. The van der Waals surface area contributed by atoms with E-state index in [9.17, 15) is 8.78 Å². The lowest BCUT2D eigenvalue weighted by molar-refractivity contribution is -0.0529. The molecule has 0 spiro atoms. The number of pyridine rings is 1. The molecule has 2 aromatic rings. The number of alkyl halides is 3. The van der Waals surface area contributed by atoms with Gasteiger partial charge in [-0.3, -0.25) is 0 Å². The highest BCUT2D eigenvalue weighted by Crippen LogP contribution is 2.26. The van der Waals surface area contributed by atoms with Crippen LogP contribution in [0.5, 0.6) is 5.88 Å². The van der Waals surface area contributed by atoms with E-state index < -0.39 is 6.61 Å². The molecule has 3 nitrogen and oxygen atoms in total. The maximum atomic E-state index is 12.3. The first-order valence-corrected chi connectivity index (χ1v) is 7.67. The predicted molar refractivity (Wildman–Crippen MR) is 87.0 cm³/mol. The minimum absolute atomic E-state index is 0.105. The van der Waals surface area contributed by atoms with E-state index in [-0.39, 0.29) is 11.3 Å². The zero-order valence-corrected chi connectivity index (χ0v) is 13.8. The van der Waals surface area contributed by atoms with Gasteiger partial charge in [0.2, 0.25) is 5.88 Å². The topological polar surface area (TPSA) is 25.4 Å². The Hall–Kier alpha value is -1.72. The van der Waals surface area contributed by atoms with Crippen molar-refractivity contribution in [2.45, 2.75) is 25.5 Å². The summed E-state index contributed by atoms with van der Waals surface area (Å²) in [6, 6.07) is 13.3. The Bertz CT molecular complexity index is 625. The highest BCUT2D eigenvalue weighted by molar-refractivity contribution is 6.21. The van der Waals surface area contributed by atoms with Crippen molar-refractivity contribution in [3.8, 4) is 5.88 Å². The molecule has 2 rings (SSSR count). The Balaban J connectivity index is 2.02. The predicted octanol–water partition coefficient (Wildman–Crippen LogP) is 4.40. The molecule has 0 saturated heterocycles. The normalized spacial score (nSPS) is 12.7. The lowest BCUT2D eigenvalue weighted by Gasteiger charge is -2.21. The second kappa shape index (κ2) is 8.22. The van der Waals surface area contributed by atoms with Gasteiger partial charge in [-0.05, 0) is 31.2 Å². The largest absolute Gasteiger partial charge is 0.417 e. The third-order valence-electron chi connectivity index (χ3n) is 3.29. The molecule has 6 heteroatoms. The third-order valence-corrected chi connectivity index (χ3v) is 3.68. The standard InChI is InChI=1S/C17H19ClF2N2O/c1-12-8-14(9-16(21-12)23-17(19)20)15(18)11-22(2)10-13-6-4-3-5-7-13/h3-9,15,17H,10-11H2,1-2H3. The number of nitrogens with zero attached hydrogens (tertiary/aromatic N) is 2. The monoisotopic (exact) mass is 340 g/mol. The van der Waals surface area contributed by atoms with E-state index in [1.54, 1.807) is 13.0 Å². The van der Waals surface area contributed by atoms with Crippen molar-refractivity contribution in [3.05, 3.63) is 59.3 Å². The quantitative estimate of drug-likeness (QED) is 0.698. The number of hydrogen-bond acceptors (Lipinski definition) is 3. The number of halogens is 3. The van der Waals surface area contributed by atoms with Gasteiger partial charge in [0.1, 0.15) is 0 Å². The first-order chi connectivity index (χ1) is 10.9. The second-order valence-electron chi connectivity index (χ2n) is 5.41. The molecule has 124 valence electrons. The molecule has 0 aliphatic carbocycles. The van der Waals surface area contributed by atoms with Crippen molar-refractivity contribution in [2.75, 3.05) is 13.6 Å². The van der Waals surface area contributed by atoms with Crippen LogP contribution in [-0.4, -0.2) is 30.1 Å². The lowest BCUT2D eigenvalue weighted by atomic mass is 10.1. The maximum Gasteiger partial charge on any atom is 0.388 e. The summed E-state index contributed by atoms with van der Waals surface area (Å²) in [5.41, 5.74) is 2.50. The van der Waals surface area contributed by atoms with Gasteiger partial charge in [-0.25, -0.2) is 4.98 Å². The minimum Gasteiger partial charge on any atom is -0.417 e. The number of hydrogen-bond donors (Lipinski definition) is 0. The summed E-state index contributed by atoms with van der Waals surface area (Å²) in [7, 11) is 1.97. The second-order valence-corrected chi connectivity index (χ2v) is 5.94. The van der Waals surface area contributed by atoms with E-state index in [1.165, 1.54) is 11.6 Å². The molecule has 1 aromatic heterocycles. The van der Waals surface area contributed by atoms with Gasteiger partial charge in [-0.1, -0.05) is 30.3 Å². The van der Waals surface area contributed by atoms with Crippen LogP contribution in [0.4, 0.5) is 8.78 Å². The molecule has 0 bridgehead atoms. The Kier molecular flexibility index (Phi) is 6.30. The van der Waals surface area contributed by atoms with E-state index in [0.29, 0.717) is 12.2 Å². The zero-order valence-electron chi connectivity index (χ0n) is 13.0. The number of rotatable bonds is 7. The number of likely N-dealkylation sites (N-methyl/N-ethyl adjacent to an activating group) is 1. The van der Waals surface area contributed by atoms with Gasteiger partial charge in [-0.15, -0.1) is 11.6 Å². The van der Waals surface area contributed by atoms with Gasteiger partial charge in [0.15, 0.2) is 0 Å². The number of benzene rings is 1. The molecule has 0 saturated carbocycles. The van der Waals surface area contributed by atoms with Crippen LogP contribution in [0.25, 0.3) is 0 Å². The van der Waals surface area contributed by atoms with E-state index >= 15 is 0 Å². The molecule has 1 unspecified atom stereocenters. The lowest BCUT2D eigenvalue weighted by Crippen LogP contribution is -2.22. The first kappa shape index (κ1) is 17.6. The van der Waals surface area contributed by atoms with Gasteiger partial charge in [0.05, 0.1) is 5.38 Å². The molecule has 0 N–H and O–H groups in total. The Morgan fingerprint density at radius 1 is 1.22 bits per heavy atom. The van der Waals surface area contributed by atoms with Gasteiger partial charge >= 0.3 is 6.61 Å². The highest BCUT2D eigenvalue weighted by atomic mass is 35.5. The van der Waals surface area contributed by atoms with Crippen LogP contribution in [0.1, 0.15) is 22.2 Å². The van der Waals surface area contributed by atoms with Gasteiger partial charge in [0.25, 0.3) is 0 Å². The average Bonchev–Trinajstić information content (AvgIpc) is 2.46. The van der Waals surface area contributed by atoms with E-state index in [0.717, 1.165) is 12.1 Å². The Labute approximate surface area is 139 Å². The molecular formula is C17H19ClF2N2O. The molecule has 0 fully saturated rings. The van der Waals surface area contributed by atoms with E-state index in [2.05, 4.69) is 14.6 Å². The van der Waals surface area contributed by atoms with Crippen molar-refractivity contribution in [1.29, 1.82) is 0 Å². The molecule has 1 atom stereocenters. The number of aromatic nitrogens is 1. The van der Waals surface area contributed by atoms with Crippen LogP contribution < -0.4 is 4.74 Å².